The average Bonchev–Trinajstić information content (AvgIpc) is 3.02. The van der Waals surface area contributed by atoms with Crippen LogP contribution >= 0.6 is 0 Å². The molecule has 4 aromatic rings. The van der Waals surface area contributed by atoms with Gasteiger partial charge in [-0.3, -0.25) is 9.36 Å². The molecule has 2 aromatic carbocycles. The molecule has 4 rings (SSSR count). The van der Waals surface area contributed by atoms with E-state index in [1.807, 2.05) is 63.2 Å². The summed E-state index contributed by atoms with van der Waals surface area (Å²) < 4.78 is 7.33. The molecule has 2 heterocycles. The number of hydrogen-bond donors (Lipinski definition) is 2. The molecule has 7 heteroatoms. The second-order valence-corrected chi connectivity index (χ2v) is 7.44. The lowest BCUT2D eigenvalue weighted by molar-refractivity contribution is 0.0941. The van der Waals surface area contributed by atoms with Gasteiger partial charge < -0.3 is 15.8 Å². The first kappa shape index (κ1) is 19.7. The minimum Gasteiger partial charge on any atom is -0.495 e. The molecule has 0 unspecified atom stereocenters. The van der Waals surface area contributed by atoms with Crippen molar-refractivity contribution in [3.8, 4) is 11.4 Å². The molecule has 7 nitrogen and oxygen atoms in total. The van der Waals surface area contributed by atoms with Gasteiger partial charge in [-0.1, -0.05) is 25.1 Å². The summed E-state index contributed by atoms with van der Waals surface area (Å²) in [5.74, 6) is 0.653. The van der Waals surface area contributed by atoms with Crippen LogP contribution in [0.1, 0.15) is 36.2 Å². The van der Waals surface area contributed by atoms with Gasteiger partial charge in [0, 0.05) is 6.04 Å². The number of methoxy groups -OCH3 is 1. The number of nitrogens with one attached hydrogen (secondary N) is 1. The Bertz CT molecular complexity index is 1260. The van der Waals surface area contributed by atoms with Gasteiger partial charge >= 0.3 is 0 Å². The minimum absolute atomic E-state index is 0.0113. The van der Waals surface area contributed by atoms with E-state index >= 15 is 0 Å². The van der Waals surface area contributed by atoms with Gasteiger partial charge in [-0.15, -0.1) is 0 Å². The first-order valence-electron chi connectivity index (χ1n) is 9.97. The third kappa shape index (κ3) is 3.22. The second-order valence-electron chi connectivity index (χ2n) is 7.44. The number of benzene rings is 2. The quantitative estimate of drug-likeness (QED) is 0.525. The zero-order chi connectivity index (χ0) is 21.4. The highest BCUT2D eigenvalue weighted by molar-refractivity contribution is 6.11. The molecule has 0 fully saturated rings. The van der Waals surface area contributed by atoms with Crippen molar-refractivity contribution in [1.29, 1.82) is 0 Å². The van der Waals surface area contributed by atoms with E-state index in [-0.39, 0.29) is 17.8 Å². The molecule has 0 saturated heterocycles. The molecule has 2 aromatic heterocycles. The highest BCUT2D eigenvalue weighted by atomic mass is 16.5. The summed E-state index contributed by atoms with van der Waals surface area (Å²) in [6.45, 7) is 5.96. The fourth-order valence-electron chi connectivity index (χ4n) is 3.50. The van der Waals surface area contributed by atoms with Gasteiger partial charge in [0.15, 0.2) is 5.65 Å². The number of carbonyl (C=O) groups is 1. The van der Waals surface area contributed by atoms with Crippen LogP contribution in [0.25, 0.3) is 27.9 Å². The van der Waals surface area contributed by atoms with Crippen molar-refractivity contribution in [3.05, 3.63) is 53.6 Å². The predicted octanol–water partition coefficient (Wildman–Crippen LogP) is 4.00. The van der Waals surface area contributed by atoms with E-state index < -0.39 is 0 Å². The number of ether oxygens (including phenoxy) is 1. The monoisotopic (exact) mass is 403 g/mol. The lowest BCUT2D eigenvalue weighted by Crippen LogP contribution is -2.32. The summed E-state index contributed by atoms with van der Waals surface area (Å²) >= 11 is 0. The average molecular weight is 403 g/mol. The molecule has 1 amide bonds. The van der Waals surface area contributed by atoms with E-state index in [2.05, 4.69) is 5.32 Å². The molecule has 0 bridgehead atoms. The molecule has 1 atom stereocenters. The maximum Gasteiger partial charge on any atom is 0.257 e. The Morgan fingerprint density at radius 3 is 2.57 bits per heavy atom. The third-order valence-electron chi connectivity index (χ3n) is 5.29. The number of para-hydroxylation sites is 2. The van der Waals surface area contributed by atoms with Crippen LogP contribution in [0.2, 0.25) is 0 Å². The number of nitrogen functional groups attached to an aromatic ring is 1. The van der Waals surface area contributed by atoms with Crippen LogP contribution in [0, 0.1) is 6.92 Å². The Labute approximate surface area is 174 Å². The summed E-state index contributed by atoms with van der Waals surface area (Å²) in [6.07, 6.45) is 0.810. The number of anilines is 1. The predicted molar refractivity (Wildman–Crippen MR) is 119 cm³/mol. The van der Waals surface area contributed by atoms with Crippen LogP contribution in [-0.4, -0.2) is 33.6 Å². The number of amides is 1. The molecule has 0 radical (unpaired) electrons. The van der Waals surface area contributed by atoms with Crippen molar-refractivity contribution in [2.45, 2.75) is 33.2 Å². The Morgan fingerprint density at radius 2 is 1.90 bits per heavy atom. The number of rotatable bonds is 5. The Balaban J connectivity index is 2.08. The van der Waals surface area contributed by atoms with Crippen LogP contribution in [0.5, 0.6) is 5.75 Å². The fourth-order valence-corrected chi connectivity index (χ4v) is 3.50. The number of aromatic nitrogens is 3. The van der Waals surface area contributed by atoms with Crippen LogP contribution in [0.3, 0.4) is 0 Å². The van der Waals surface area contributed by atoms with Crippen molar-refractivity contribution >= 4 is 33.9 Å². The van der Waals surface area contributed by atoms with E-state index in [4.69, 9.17) is 20.4 Å². The summed E-state index contributed by atoms with van der Waals surface area (Å²) in [5, 5.41) is 3.00. The molecule has 0 aliphatic rings. The molecule has 154 valence electrons. The lowest BCUT2D eigenvalue weighted by atomic mass is 10.2. The summed E-state index contributed by atoms with van der Waals surface area (Å²) in [6, 6.07) is 13.4. The van der Waals surface area contributed by atoms with Crippen LogP contribution < -0.4 is 15.8 Å². The van der Waals surface area contributed by atoms with Gasteiger partial charge in [-0.05, 0) is 50.1 Å². The zero-order valence-electron chi connectivity index (χ0n) is 17.6. The Hall–Kier alpha value is -3.61. The molecule has 0 aliphatic carbocycles. The van der Waals surface area contributed by atoms with E-state index in [1.54, 1.807) is 11.7 Å². The third-order valence-corrected chi connectivity index (χ3v) is 5.29. The first-order valence-corrected chi connectivity index (χ1v) is 9.97. The van der Waals surface area contributed by atoms with Crippen molar-refractivity contribution in [2.24, 2.45) is 0 Å². The van der Waals surface area contributed by atoms with E-state index in [9.17, 15) is 4.79 Å². The van der Waals surface area contributed by atoms with Gasteiger partial charge in [-0.2, -0.15) is 0 Å². The second kappa shape index (κ2) is 7.67. The number of carbonyl (C=O) groups excluding carboxylic acids is 1. The number of fused-ring (bicyclic) bond motifs is 2. The molecule has 30 heavy (non-hydrogen) atoms. The van der Waals surface area contributed by atoms with Gasteiger partial charge in [0.25, 0.3) is 5.91 Å². The van der Waals surface area contributed by atoms with Crippen LogP contribution in [0.15, 0.2) is 42.5 Å². The van der Waals surface area contributed by atoms with Gasteiger partial charge in [0.2, 0.25) is 0 Å². The Kier molecular flexibility index (Phi) is 5.03. The fraction of sp³-hybridized carbons (Fsp3) is 0.261. The molecular weight excluding hydrogens is 378 g/mol. The van der Waals surface area contributed by atoms with E-state index in [0.717, 1.165) is 17.5 Å². The van der Waals surface area contributed by atoms with Gasteiger partial charge in [0.1, 0.15) is 22.6 Å². The number of aryl methyl sites for hydroxylation is 1. The molecule has 3 N–H and O–H groups in total. The van der Waals surface area contributed by atoms with Crippen molar-refractivity contribution in [1.82, 2.24) is 19.9 Å². The smallest absolute Gasteiger partial charge is 0.257 e. The largest absolute Gasteiger partial charge is 0.495 e. The normalized spacial score (nSPS) is 12.3. The van der Waals surface area contributed by atoms with E-state index in [1.165, 1.54) is 0 Å². The summed E-state index contributed by atoms with van der Waals surface area (Å²) in [4.78, 5) is 22.7. The topological polar surface area (TPSA) is 95.1 Å². The molecule has 0 saturated carbocycles. The standard InChI is InChI=1S/C23H25N5O2/c1-5-14(3)25-23(29)19-20-22(27-16-9-7-6-8-15(16)26-20)28(21(19)24)17-12-13(2)10-11-18(17)30-4/h6-12,14H,5,24H2,1-4H3,(H,25,29)/t14-/m0/s1. The molecule has 0 spiro atoms. The highest BCUT2D eigenvalue weighted by Gasteiger charge is 2.26. The summed E-state index contributed by atoms with van der Waals surface area (Å²) in [7, 11) is 1.60. The van der Waals surface area contributed by atoms with Gasteiger partial charge in [0.05, 0.1) is 23.8 Å². The molecular formula is C23H25N5O2. The van der Waals surface area contributed by atoms with Crippen molar-refractivity contribution in [2.75, 3.05) is 12.8 Å². The first-order chi connectivity index (χ1) is 14.4. The minimum atomic E-state index is -0.262. The van der Waals surface area contributed by atoms with Crippen molar-refractivity contribution in [3.63, 3.8) is 0 Å². The van der Waals surface area contributed by atoms with Crippen LogP contribution in [-0.2, 0) is 0 Å². The van der Waals surface area contributed by atoms with E-state index in [0.29, 0.717) is 33.7 Å². The Morgan fingerprint density at radius 1 is 1.20 bits per heavy atom. The zero-order valence-corrected chi connectivity index (χ0v) is 17.6. The van der Waals surface area contributed by atoms with Gasteiger partial charge in [-0.25, -0.2) is 9.97 Å². The highest BCUT2D eigenvalue weighted by Crippen LogP contribution is 2.35. The summed E-state index contributed by atoms with van der Waals surface area (Å²) in [5.41, 5.74) is 11.1. The SMILES string of the molecule is CC[C@H](C)NC(=O)c1c(N)n(-c2cc(C)ccc2OC)c2nc3ccccc3nc12. The maximum absolute atomic E-state index is 13.1. The lowest BCUT2D eigenvalue weighted by Gasteiger charge is -2.14. The number of hydrogen-bond acceptors (Lipinski definition) is 5. The maximum atomic E-state index is 13.1. The van der Waals surface area contributed by atoms with Crippen molar-refractivity contribution < 1.29 is 9.53 Å². The number of nitrogens with two attached hydrogens (primary N) is 1. The molecule has 0 aliphatic heterocycles. The number of nitrogens with zero attached hydrogens (tertiary/aromatic N) is 3. The van der Waals surface area contributed by atoms with Crippen LogP contribution in [0.4, 0.5) is 5.82 Å².